The molecule has 0 heterocycles. The van der Waals surface area contributed by atoms with Gasteiger partial charge in [0.1, 0.15) is 5.38 Å². The van der Waals surface area contributed by atoms with Crippen LogP contribution in [0.25, 0.3) is 0 Å². The molecule has 0 radical (unpaired) electrons. The number of nitrogens with zero attached hydrogens (tertiary/aromatic N) is 1. The lowest BCUT2D eigenvalue weighted by Crippen LogP contribution is -2.38. The van der Waals surface area contributed by atoms with Gasteiger partial charge in [0.05, 0.1) is 0 Å². The van der Waals surface area contributed by atoms with E-state index in [0.717, 1.165) is 0 Å². The van der Waals surface area contributed by atoms with Crippen molar-refractivity contribution in [2.45, 2.75) is 11.2 Å². The zero-order chi connectivity index (χ0) is 8.32. The van der Waals surface area contributed by atoms with Crippen LogP contribution in [0, 0.1) is 11.5 Å². The maximum atomic E-state index is 9.43. The highest BCUT2D eigenvalue weighted by Crippen LogP contribution is 2.23. The van der Waals surface area contributed by atoms with Crippen LogP contribution < -0.4 is 0 Å². The van der Waals surface area contributed by atoms with Crippen LogP contribution in [0.1, 0.15) is 0 Å². The third-order valence-electron chi connectivity index (χ3n) is 1.33. The van der Waals surface area contributed by atoms with Gasteiger partial charge in [0.15, 0.2) is 0 Å². The number of hydrogen-bond acceptors (Lipinski definition) is 3. The highest BCUT2D eigenvalue weighted by Gasteiger charge is 2.35. The van der Waals surface area contributed by atoms with Gasteiger partial charge < -0.3 is 9.84 Å². The van der Waals surface area contributed by atoms with Crippen molar-refractivity contribution >= 4 is 11.6 Å². The SMILES string of the molecule is N#COC1(O)C=CC=CC1Cl. The molecule has 0 fully saturated rings. The van der Waals surface area contributed by atoms with Crippen molar-refractivity contribution in [3.63, 3.8) is 0 Å². The van der Waals surface area contributed by atoms with E-state index in [9.17, 15) is 5.11 Å². The second kappa shape index (κ2) is 2.95. The van der Waals surface area contributed by atoms with Crippen molar-refractivity contribution in [2.75, 3.05) is 0 Å². The van der Waals surface area contributed by atoms with Crippen molar-refractivity contribution in [1.29, 1.82) is 5.26 Å². The molecule has 2 atom stereocenters. The van der Waals surface area contributed by atoms with E-state index in [1.807, 2.05) is 0 Å². The Hall–Kier alpha value is -0.980. The van der Waals surface area contributed by atoms with E-state index in [1.165, 1.54) is 12.3 Å². The van der Waals surface area contributed by atoms with E-state index in [0.29, 0.717) is 0 Å². The first kappa shape index (κ1) is 8.12. The van der Waals surface area contributed by atoms with Gasteiger partial charge in [-0.2, -0.15) is 5.26 Å². The summed E-state index contributed by atoms with van der Waals surface area (Å²) >= 11 is 5.64. The number of aliphatic hydroxyl groups is 1. The van der Waals surface area contributed by atoms with Crippen LogP contribution >= 0.6 is 11.6 Å². The second-order valence-electron chi connectivity index (χ2n) is 2.09. The molecule has 0 aromatic rings. The molecule has 1 aliphatic carbocycles. The van der Waals surface area contributed by atoms with Gasteiger partial charge in [0, 0.05) is 0 Å². The third kappa shape index (κ3) is 1.53. The molecule has 0 amide bonds. The van der Waals surface area contributed by atoms with Crippen LogP contribution in [0.3, 0.4) is 0 Å². The van der Waals surface area contributed by atoms with Gasteiger partial charge in [0.2, 0.25) is 0 Å². The van der Waals surface area contributed by atoms with E-state index in [1.54, 1.807) is 18.2 Å². The van der Waals surface area contributed by atoms with Crippen LogP contribution in [0.15, 0.2) is 24.3 Å². The van der Waals surface area contributed by atoms with Gasteiger partial charge in [-0.3, -0.25) is 0 Å². The Morgan fingerprint density at radius 1 is 1.64 bits per heavy atom. The molecule has 0 aromatic heterocycles. The average molecular weight is 172 g/mol. The maximum Gasteiger partial charge on any atom is 0.289 e. The molecule has 0 aromatic carbocycles. The molecule has 0 spiro atoms. The molecule has 4 heteroatoms. The Labute approximate surface area is 69.1 Å². The molecule has 3 nitrogen and oxygen atoms in total. The molecular formula is C7H6ClNO2. The lowest BCUT2D eigenvalue weighted by molar-refractivity contribution is -0.112. The molecular weight excluding hydrogens is 166 g/mol. The second-order valence-corrected chi connectivity index (χ2v) is 2.56. The summed E-state index contributed by atoms with van der Waals surface area (Å²) in [6.45, 7) is 0. The first-order chi connectivity index (χ1) is 5.19. The summed E-state index contributed by atoms with van der Waals surface area (Å²) in [5.74, 6) is -1.68. The lowest BCUT2D eigenvalue weighted by Gasteiger charge is -2.25. The third-order valence-corrected chi connectivity index (χ3v) is 1.79. The van der Waals surface area contributed by atoms with Crippen LogP contribution in [-0.4, -0.2) is 16.3 Å². The molecule has 1 aliphatic rings. The Morgan fingerprint density at radius 2 is 2.36 bits per heavy atom. The summed E-state index contributed by atoms with van der Waals surface area (Å²) in [5, 5.41) is 16.9. The van der Waals surface area contributed by atoms with Crippen molar-refractivity contribution in [3.05, 3.63) is 24.3 Å². The molecule has 1 N–H and O–H groups in total. The van der Waals surface area contributed by atoms with Gasteiger partial charge in [-0.15, -0.1) is 11.6 Å². The Kier molecular flexibility index (Phi) is 2.18. The van der Waals surface area contributed by atoms with Crippen molar-refractivity contribution in [2.24, 2.45) is 0 Å². The van der Waals surface area contributed by atoms with Crippen LogP contribution in [0.5, 0.6) is 0 Å². The fourth-order valence-corrected chi connectivity index (χ4v) is 0.950. The molecule has 58 valence electrons. The lowest BCUT2D eigenvalue weighted by atomic mass is 10.1. The molecule has 0 saturated heterocycles. The smallest absolute Gasteiger partial charge is 0.289 e. The first-order valence-corrected chi connectivity index (χ1v) is 3.42. The molecule has 0 saturated carbocycles. The fraction of sp³-hybridized carbons (Fsp3) is 0.286. The van der Waals surface area contributed by atoms with Gasteiger partial charge in [-0.1, -0.05) is 18.2 Å². The fourth-order valence-electron chi connectivity index (χ4n) is 0.748. The molecule has 11 heavy (non-hydrogen) atoms. The minimum atomic E-state index is -1.68. The molecule has 2 unspecified atom stereocenters. The summed E-state index contributed by atoms with van der Waals surface area (Å²) in [4.78, 5) is 0. The van der Waals surface area contributed by atoms with Gasteiger partial charge in [-0.25, -0.2) is 0 Å². The van der Waals surface area contributed by atoms with Gasteiger partial charge >= 0.3 is 0 Å². The normalized spacial score (nSPS) is 34.8. The monoisotopic (exact) mass is 171 g/mol. The van der Waals surface area contributed by atoms with Gasteiger partial charge in [0.25, 0.3) is 12.0 Å². The van der Waals surface area contributed by atoms with Crippen molar-refractivity contribution < 1.29 is 9.84 Å². The number of nitriles is 1. The van der Waals surface area contributed by atoms with Crippen molar-refractivity contribution in [1.82, 2.24) is 0 Å². The summed E-state index contributed by atoms with van der Waals surface area (Å²) in [6.07, 6.45) is 7.50. The van der Waals surface area contributed by atoms with Crippen LogP contribution in [0.4, 0.5) is 0 Å². The Balaban J connectivity index is 2.78. The highest BCUT2D eigenvalue weighted by molar-refractivity contribution is 6.22. The number of halogens is 1. The predicted molar refractivity (Wildman–Crippen MR) is 39.6 cm³/mol. The summed E-state index contributed by atoms with van der Waals surface area (Å²) in [7, 11) is 0. The average Bonchev–Trinajstić information content (AvgIpc) is 1.96. The van der Waals surface area contributed by atoms with Crippen LogP contribution in [0.2, 0.25) is 0 Å². The minimum Gasteiger partial charge on any atom is -0.387 e. The molecule has 1 rings (SSSR count). The summed E-state index contributed by atoms with van der Waals surface area (Å²) in [6, 6.07) is 0. The van der Waals surface area contributed by atoms with Crippen LogP contribution in [-0.2, 0) is 4.74 Å². The Morgan fingerprint density at radius 3 is 2.91 bits per heavy atom. The predicted octanol–water partition coefficient (Wildman–Crippen LogP) is 0.906. The van der Waals surface area contributed by atoms with E-state index < -0.39 is 11.2 Å². The molecule has 0 bridgehead atoms. The highest BCUT2D eigenvalue weighted by atomic mass is 35.5. The summed E-state index contributed by atoms with van der Waals surface area (Å²) < 4.78 is 4.37. The minimum absolute atomic E-state index is 0.716. The number of hydrogen-bond donors (Lipinski definition) is 1. The zero-order valence-electron chi connectivity index (χ0n) is 5.57. The first-order valence-electron chi connectivity index (χ1n) is 2.98. The number of rotatable bonds is 1. The maximum absolute atomic E-state index is 9.43. The quantitative estimate of drug-likeness (QED) is 0.363. The largest absolute Gasteiger partial charge is 0.387 e. The van der Waals surface area contributed by atoms with E-state index in [4.69, 9.17) is 16.9 Å². The number of alkyl halides is 1. The number of allylic oxidation sites excluding steroid dienone is 2. The van der Waals surface area contributed by atoms with Crippen molar-refractivity contribution in [3.8, 4) is 6.26 Å². The van der Waals surface area contributed by atoms with E-state index in [-0.39, 0.29) is 0 Å². The topological polar surface area (TPSA) is 53.2 Å². The zero-order valence-corrected chi connectivity index (χ0v) is 6.32. The Bertz CT molecular complexity index is 243. The van der Waals surface area contributed by atoms with E-state index >= 15 is 0 Å². The number of ether oxygens (including phenoxy) is 1. The summed E-state index contributed by atoms with van der Waals surface area (Å²) in [5.41, 5.74) is 0. The van der Waals surface area contributed by atoms with Gasteiger partial charge in [-0.05, 0) is 6.08 Å². The molecule has 0 aliphatic heterocycles. The standard InChI is InChI=1S/C7H6ClNO2/c8-6-3-1-2-4-7(6,10)11-5-9/h1-4,6,10H. The van der Waals surface area contributed by atoms with E-state index in [2.05, 4.69) is 4.74 Å².